The van der Waals surface area contributed by atoms with Crippen molar-refractivity contribution in [3.63, 3.8) is 0 Å². The van der Waals surface area contributed by atoms with Gasteiger partial charge in [-0.3, -0.25) is 4.99 Å². The fourth-order valence-corrected chi connectivity index (χ4v) is 3.43. The van der Waals surface area contributed by atoms with E-state index in [1.54, 1.807) is 0 Å². The minimum absolute atomic E-state index is 0.726. The zero-order chi connectivity index (χ0) is 15.4. The topological polar surface area (TPSA) is 35.8 Å². The maximum atomic E-state index is 4.40. The molecule has 1 aliphatic rings. The Morgan fingerprint density at radius 2 is 2.29 bits per heavy atom. The summed E-state index contributed by atoms with van der Waals surface area (Å²) in [5.41, 5.74) is 1.26. The number of halogens is 1. The van der Waals surface area contributed by atoms with Crippen LogP contribution >= 0.6 is 15.9 Å². The van der Waals surface area contributed by atoms with Crippen LogP contribution in [0.1, 0.15) is 12.1 Å². The lowest BCUT2D eigenvalue weighted by Gasteiger charge is -2.23. The summed E-state index contributed by atoms with van der Waals surface area (Å²) in [6, 6.07) is 2.15. The van der Waals surface area contributed by atoms with Crippen molar-refractivity contribution >= 4 is 21.9 Å². The van der Waals surface area contributed by atoms with Crippen molar-refractivity contribution in [2.24, 2.45) is 18.0 Å². The lowest BCUT2D eigenvalue weighted by molar-refractivity contribution is 0.390. The summed E-state index contributed by atoms with van der Waals surface area (Å²) < 4.78 is 3.25. The number of aromatic nitrogens is 1. The third-order valence-corrected chi connectivity index (χ3v) is 4.52. The highest BCUT2D eigenvalue weighted by molar-refractivity contribution is 9.10. The molecule has 1 N–H and O–H groups in total. The minimum atomic E-state index is 0.726. The van der Waals surface area contributed by atoms with E-state index in [0.29, 0.717) is 0 Å². The largest absolute Gasteiger partial charge is 0.356 e. The van der Waals surface area contributed by atoms with E-state index in [0.717, 1.165) is 29.4 Å². The van der Waals surface area contributed by atoms with Crippen LogP contribution in [0.5, 0.6) is 0 Å². The molecule has 5 nitrogen and oxygen atoms in total. The predicted octanol–water partition coefficient (Wildman–Crippen LogP) is 1.75. The number of aryl methyl sites for hydroxylation is 1. The lowest BCUT2D eigenvalue weighted by Crippen LogP contribution is -2.41. The Morgan fingerprint density at radius 3 is 2.81 bits per heavy atom. The average Bonchev–Trinajstić information content (AvgIpc) is 2.96. The van der Waals surface area contributed by atoms with Gasteiger partial charge in [-0.2, -0.15) is 0 Å². The van der Waals surface area contributed by atoms with E-state index in [4.69, 9.17) is 0 Å². The molecule has 1 aromatic heterocycles. The number of likely N-dealkylation sites (tertiary alicyclic amines) is 1. The van der Waals surface area contributed by atoms with Crippen LogP contribution in [0.3, 0.4) is 0 Å². The molecule has 0 aliphatic carbocycles. The second kappa shape index (κ2) is 7.31. The van der Waals surface area contributed by atoms with E-state index in [1.807, 2.05) is 7.05 Å². The molecule has 1 aromatic rings. The Labute approximate surface area is 136 Å². The van der Waals surface area contributed by atoms with Crippen LogP contribution < -0.4 is 5.32 Å². The molecule has 0 amide bonds. The molecule has 6 heteroatoms. The first kappa shape index (κ1) is 16.4. The van der Waals surface area contributed by atoms with Crippen LogP contribution in [-0.2, 0) is 13.6 Å². The van der Waals surface area contributed by atoms with Gasteiger partial charge >= 0.3 is 0 Å². The van der Waals surface area contributed by atoms with Crippen molar-refractivity contribution in [3.05, 3.63) is 22.4 Å². The molecular weight excluding hydrogens is 330 g/mol. The van der Waals surface area contributed by atoms with E-state index in [9.17, 15) is 0 Å². The van der Waals surface area contributed by atoms with Gasteiger partial charge in [0.2, 0.25) is 0 Å². The number of nitrogens with zero attached hydrogens (tertiary/aromatic N) is 4. The van der Waals surface area contributed by atoms with Gasteiger partial charge in [-0.1, -0.05) is 0 Å². The van der Waals surface area contributed by atoms with Crippen molar-refractivity contribution in [1.29, 1.82) is 0 Å². The lowest BCUT2D eigenvalue weighted by atomic mass is 10.1. The smallest absolute Gasteiger partial charge is 0.193 e. The molecule has 1 fully saturated rings. The van der Waals surface area contributed by atoms with Crippen LogP contribution in [0, 0.1) is 5.92 Å². The minimum Gasteiger partial charge on any atom is -0.356 e. The van der Waals surface area contributed by atoms with Gasteiger partial charge in [0, 0.05) is 50.6 Å². The molecule has 2 rings (SSSR count). The highest BCUT2D eigenvalue weighted by atomic mass is 79.9. The van der Waals surface area contributed by atoms with E-state index < -0.39 is 0 Å². The third kappa shape index (κ3) is 4.48. The second-order valence-electron chi connectivity index (χ2n) is 5.96. The second-order valence-corrected chi connectivity index (χ2v) is 6.88. The first-order chi connectivity index (χ1) is 9.99. The summed E-state index contributed by atoms with van der Waals surface area (Å²) in [4.78, 5) is 8.95. The summed E-state index contributed by atoms with van der Waals surface area (Å²) >= 11 is 3.52. The number of aliphatic imine (C=N–C) groups is 1. The van der Waals surface area contributed by atoms with Gasteiger partial charge in [0.15, 0.2) is 5.96 Å². The molecule has 0 spiro atoms. The Morgan fingerprint density at radius 1 is 1.52 bits per heavy atom. The number of hydrogen-bond acceptors (Lipinski definition) is 2. The molecule has 0 saturated carbocycles. The summed E-state index contributed by atoms with van der Waals surface area (Å²) in [7, 11) is 8.18. The van der Waals surface area contributed by atoms with Crippen molar-refractivity contribution in [3.8, 4) is 0 Å². The summed E-state index contributed by atoms with van der Waals surface area (Å²) in [6.07, 6.45) is 3.35. The maximum Gasteiger partial charge on any atom is 0.193 e. The number of hydrogen-bond donors (Lipinski definition) is 1. The number of rotatable bonds is 4. The molecule has 2 heterocycles. The maximum absolute atomic E-state index is 4.40. The Hall–Kier alpha value is -1.01. The van der Waals surface area contributed by atoms with E-state index in [2.05, 4.69) is 74.0 Å². The first-order valence-electron chi connectivity index (χ1n) is 7.40. The first-order valence-corrected chi connectivity index (χ1v) is 8.20. The number of nitrogens with one attached hydrogen (secondary N) is 1. The standard InChI is InChI=1S/C15H26BrN5/c1-17-15(18-8-12-5-6-19(2)9-12)21(4)11-14-7-13(16)10-20(14)3/h7,10,12H,5-6,8-9,11H2,1-4H3,(H,17,18). The molecule has 1 unspecified atom stereocenters. The molecule has 21 heavy (non-hydrogen) atoms. The molecule has 118 valence electrons. The highest BCUT2D eigenvalue weighted by Gasteiger charge is 2.20. The molecular formula is C15H26BrN5. The Balaban J connectivity index is 1.87. The molecule has 1 atom stereocenters. The zero-order valence-electron chi connectivity index (χ0n) is 13.4. The van der Waals surface area contributed by atoms with Crippen molar-refractivity contribution in [1.82, 2.24) is 19.7 Å². The van der Waals surface area contributed by atoms with Crippen LogP contribution in [0.15, 0.2) is 21.7 Å². The van der Waals surface area contributed by atoms with Gasteiger partial charge in [-0.05, 0) is 47.9 Å². The van der Waals surface area contributed by atoms with Crippen LogP contribution in [0.25, 0.3) is 0 Å². The van der Waals surface area contributed by atoms with Gasteiger partial charge < -0.3 is 19.7 Å². The van der Waals surface area contributed by atoms with Gasteiger partial charge in [-0.15, -0.1) is 0 Å². The van der Waals surface area contributed by atoms with Crippen molar-refractivity contribution < 1.29 is 0 Å². The summed E-state index contributed by atoms with van der Waals surface area (Å²) in [5.74, 6) is 1.69. The summed E-state index contributed by atoms with van der Waals surface area (Å²) in [5, 5.41) is 3.51. The van der Waals surface area contributed by atoms with Gasteiger partial charge in [0.05, 0.1) is 6.54 Å². The fraction of sp³-hybridized carbons (Fsp3) is 0.667. The van der Waals surface area contributed by atoms with Crippen LogP contribution in [-0.4, -0.2) is 61.1 Å². The third-order valence-electron chi connectivity index (χ3n) is 4.08. The Kier molecular flexibility index (Phi) is 5.70. The average molecular weight is 356 g/mol. The zero-order valence-corrected chi connectivity index (χ0v) is 15.0. The van der Waals surface area contributed by atoms with Gasteiger partial charge in [0.1, 0.15) is 0 Å². The van der Waals surface area contributed by atoms with Gasteiger partial charge in [0.25, 0.3) is 0 Å². The van der Waals surface area contributed by atoms with Gasteiger partial charge in [-0.25, -0.2) is 0 Å². The van der Waals surface area contributed by atoms with Crippen LogP contribution in [0.4, 0.5) is 0 Å². The monoisotopic (exact) mass is 355 g/mol. The van der Waals surface area contributed by atoms with Crippen molar-refractivity contribution in [2.45, 2.75) is 13.0 Å². The SMILES string of the molecule is CN=C(NCC1CCN(C)C1)N(C)Cc1cc(Br)cn1C. The van der Waals surface area contributed by atoms with E-state index in [1.165, 1.54) is 25.2 Å². The van der Waals surface area contributed by atoms with Crippen LogP contribution in [0.2, 0.25) is 0 Å². The van der Waals surface area contributed by atoms with E-state index in [-0.39, 0.29) is 0 Å². The van der Waals surface area contributed by atoms with E-state index >= 15 is 0 Å². The highest BCUT2D eigenvalue weighted by Crippen LogP contribution is 2.15. The molecule has 1 saturated heterocycles. The quantitative estimate of drug-likeness (QED) is 0.660. The number of guanidine groups is 1. The predicted molar refractivity (Wildman–Crippen MR) is 91.5 cm³/mol. The normalized spacial score (nSPS) is 20.0. The molecule has 0 radical (unpaired) electrons. The van der Waals surface area contributed by atoms with Crippen molar-refractivity contribution in [2.75, 3.05) is 40.8 Å². The Bertz CT molecular complexity index is 496. The molecule has 0 bridgehead atoms. The molecule has 1 aliphatic heterocycles. The molecule has 0 aromatic carbocycles. The summed E-state index contributed by atoms with van der Waals surface area (Å²) in [6.45, 7) is 4.22. The fourth-order valence-electron chi connectivity index (χ4n) is 2.85.